The average molecular weight is 306 g/mol. The van der Waals surface area contributed by atoms with Crippen LogP contribution in [0.25, 0.3) is 0 Å². The summed E-state index contributed by atoms with van der Waals surface area (Å²) >= 11 is 3.44. The van der Waals surface area contributed by atoms with E-state index in [1.807, 2.05) is 56.3 Å². The van der Waals surface area contributed by atoms with E-state index in [0.29, 0.717) is 0 Å². The molecular weight excluding hydrogens is 290 g/mol. The van der Waals surface area contributed by atoms with Crippen molar-refractivity contribution in [1.82, 2.24) is 0 Å². The van der Waals surface area contributed by atoms with Crippen molar-refractivity contribution in [3.8, 4) is 11.5 Å². The maximum Gasteiger partial charge on any atom is 0.131 e. The normalized spacial score (nSPS) is 12.2. The highest BCUT2D eigenvalue weighted by Gasteiger charge is 2.04. The Morgan fingerprint density at radius 3 is 2.39 bits per heavy atom. The first kappa shape index (κ1) is 13.1. The first-order valence-corrected chi connectivity index (χ1v) is 6.65. The second-order valence-corrected chi connectivity index (χ2v) is 5.29. The second-order valence-electron chi connectivity index (χ2n) is 4.37. The van der Waals surface area contributed by atoms with Gasteiger partial charge < -0.3 is 10.5 Å². The van der Waals surface area contributed by atoms with E-state index in [0.717, 1.165) is 27.1 Å². The van der Waals surface area contributed by atoms with Crippen LogP contribution in [0.4, 0.5) is 0 Å². The molecule has 0 saturated heterocycles. The van der Waals surface area contributed by atoms with Gasteiger partial charge in [0.15, 0.2) is 0 Å². The van der Waals surface area contributed by atoms with Crippen molar-refractivity contribution < 1.29 is 4.74 Å². The van der Waals surface area contributed by atoms with Crippen LogP contribution >= 0.6 is 15.9 Å². The first-order valence-electron chi connectivity index (χ1n) is 5.86. The van der Waals surface area contributed by atoms with Crippen molar-refractivity contribution in [3.05, 3.63) is 58.1 Å². The minimum absolute atomic E-state index is 0.0478. The van der Waals surface area contributed by atoms with Crippen LogP contribution in [-0.2, 0) is 0 Å². The lowest BCUT2D eigenvalue weighted by atomic mass is 10.1. The Bertz CT molecular complexity index is 535. The minimum Gasteiger partial charge on any atom is -0.457 e. The number of halogens is 1. The van der Waals surface area contributed by atoms with Crippen molar-refractivity contribution >= 4 is 15.9 Å². The van der Waals surface area contributed by atoms with Gasteiger partial charge in [0.05, 0.1) is 0 Å². The van der Waals surface area contributed by atoms with Crippen LogP contribution in [0.5, 0.6) is 11.5 Å². The standard InChI is InChI=1S/C15H16BrNO/c1-10-3-6-13(16)9-15(10)18-14-7-4-12(5-8-14)11(2)17/h3-9,11H,17H2,1-2H3. The third-order valence-corrected chi connectivity index (χ3v) is 3.28. The molecule has 94 valence electrons. The fourth-order valence-corrected chi connectivity index (χ4v) is 1.99. The van der Waals surface area contributed by atoms with E-state index in [9.17, 15) is 0 Å². The van der Waals surface area contributed by atoms with Crippen molar-refractivity contribution in [2.24, 2.45) is 5.73 Å². The highest BCUT2D eigenvalue weighted by molar-refractivity contribution is 9.10. The molecule has 0 aliphatic carbocycles. The molecule has 0 fully saturated rings. The van der Waals surface area contributed by atoms with Crippen LogP contribution in [0, 0.1) is 6.92 Å². The molecule has 2 nitrogen and oxygen atoms in total. The zero-order valence-electron chi connectivity index (χ0n) is 10.5. The van der Waals surface area contributed by atoms with E-state index in [4.69, 9.17) is 10.5 Å². The lowest BCUT2D eigenvalue weighted by Gasteiger charge is -2.10. The fraction of sp³-hybridized carbons (Fsp3) is 0.200. The molecule has 0 saturated carbocycles. The molecule has 18 heavy (non-hydrogen) atoms. The summed E-state index contributed by atoms with van der Waals surface area (Å²) in [5.74, 6) is 1.68. The molecule has 0 bridgehead atoms. The average Bonchev–Trinajstić information content (AvgIpc) is 2.34. The largest absolute Gasteiger partial charge is 0.457 e. The summed E-state index contributed by atoms with van der Waals surface area (Å²) in [4.78, 5) is 0. The van der Waals surface area contributed by atoms with Gasteiger partial charge >= 0.3 is 0 Å². The van der Waals surface area contributed by atoms with E-state index in [1.54, 1.807) is 0 Å². The van der Waals surface area contributed by atoms with Crippen molar-refractivity contribution in [2.75, 3.05) is 0 Å². The Kier molecular flexibility index (Phi) is 4.04. The Balaban J connectivity index is 2.21. The molecule has 0 radical (unpaired) electrons. The van der Waals surface area contributed by atoms with Crippen LogP contribution < -0.4 is 10.5 Å². The fourth-order valence-electron chi connectivity index (χ4n) is 1.65. The van der Waals surface area contributed by atoms with Crippen LogP contribution in [0.15, 0.2) is 46.9 Å². The lowest BCUT2D eigenvalue weighted by molar-refractivity contribution is 0.478. The molecule has 0 aliphatic rings. The minimum atomic E-state index is 0.0478. The van der Waals surface area contributed by atoms with E-state index in [2.05, 4.69) is 15.9 Å². The summed E-state index contributed by atoms with van der Waals surface area (Å²) < 4.78 is 6.86. The van der Waals surface area contributed by atoms with Crippen LogP contribution in [0.1, 0.15) is 24.1 Å². The smallest absolute Gasteiger partial charge is 0.131 e. The van der Waals surface area contributed by atoms with Crippen LogP contribution in [-0.4, -0.2) is 0 Å². The number of hydrogen-bond acceptors (Lipinski definition) is 2. The number of rotatable bonds is 3. The van der Waals surface area contributed by atoms with Gasteiger partial charge in [0.25, 0.3) is 0 Å². The number of benzene rings is 2. The molecule has 0 amide bonds. The highest BCUT2D eigenvalue weighted by Crippen LogP contribution is 2.28. The molecule has 0 heterocycles. The van der Waals surface area contributed by atoms with Gasteiger partial charge in [-0.1, -0.05) is 34.1 Å². The maximum absolute atomic E-state index is 5.85. The molecule has 1 unspecified atom stereocenters. The molecule has 2 rings (SSSR count). The summed E-state index contributed by atoms with van der Waals surface area (Å²) in [7, 11) is 0. The zero-order valence-corrected chi connectivity index (χ0v) is 12.1. The molecule has 0 spiro atoms. The zero-order chi connectivity index (χ0) is 13.1. The molecule has 0 aliphatic heterocycles. The maximum atomic E-state index is 5.85. The number of hydrogen-bond donors (Lipinski definition) is 1. The van der Waals surface area contributed by atoms with E-state index < -0.39 is 0 Å². The highest BCUT2D eigenvalue weighted by atomic mass is 79.9. The predicted molar refractivity (Wildman–Crippen MR) is 78.0 cm³/mol. The van der Waals surface area contributed by atoms with Gasteiger partial charge in [-0.2, -0.15) is 0 Å². The van der Waals surface area contributed by atoms with Crippen LogP contribution in [0.3, 0.4) is 0 Å². The topological polar surface area (TPSA) is 35.2 Å². The van der Waals surface area contributed by atoms with Crippen molar-refractivity contribution in [1.29, 1.82) is 0 Å². The molecule has 3 heteroatoms. The summed E-state index contributed by atoms with van der Waals surface area (Å²) in [5.41, 5.74) is 8.02. The third-order valence-electron chi connectivity index (χ3n) is 2.78. The Labute approximate surface area is 116 Å². The van der Waals surface area contributed by atoms with Gasteiger partial charge in [0, 0.05) is 10.5 Å². The Morgan fingerprint density at radius 2 is 1.78 bits per heavy atom. The summed E-state index contributed by atoms with van der Waals surface area (Å²) in [6.07, 6.45) is 0. The predicted octanol–water partition coefficient (Wildman–Crippen LogP) is 4.57. The summed E-state index contributed by atoms with van der Waals surface area (Å²) in [6, 6.07) is 13.9. The molecule has 0 aromatic heterocycles. The SMILES string of the molecule is Cc1ccc(Br)cc1Oc1ccc(C(C)N)cc1. The van der Waals surface area contributed by atoms with Gasteiger partial charge in [-0.25, -0.2) is 0 Å². The van der Waals surface area contributed by atoms with Crippen LogP contribution in [0.2, 0.25) is 0 Å². The first-order chi connectivity index (χ1) is 8.56. The van der Waals surface area contributed by atoms with E-state index in [1.165, 1.54) is 0 Å². The summed E-state index contributed by atoms with van der Waals surface area (Å²) in [5, 5.41) is 0. The molecule has 1 atom stereocenters. The molecule has 2 aromatic rings. The number of nitrogens with two attached hydrogens (primary N) is 1. The monoisotopic (exact) mass is 305 g/mol. The van der Waals surface area contributed by atoms with Crippen molar-refractivity contribution in [3.63, 3.8) is 0 Å². The lowest BCUT2D eigenvalue weighted by Crippen LogP contribution is -2.04. The Hall–Kier alpha value is -1.32. The van der Waals surface area contributed by atoms with E-state index in [-0.39, 0.29) is 6.04 Å². The number of ether oxygens (including phenoxy) is 1. The summed E-state index contributed by atoms with van der Waals surface area (Å²) in [6.45, 7) is 3.99. The number of aryl methyl sites for hydroxylation is 1. The van der Waals surface area contributed by atoms with Gasteiger partial charge in [0.2, 0.25) is 0 Å². The van der Waals surface area contributed by atoms with Gasteiger partial charge in [0.1, 0.15) is 11.5 Å². The van der Waals surface area contributed by atoms with Gasteiger partial charge in [-0.05, 0) is 49.2 Å². The quantitative estimate of drug-likeness (QED) is 0.901. The van der Waals surface area contributed by atoms with Gasteiger partial charge in [-0.15, -0.1) is 0 Å². The molecule has 2 N–H and O–H groups in total. The van der Waals surface area contributed by atoms with Crippen molar-refractivity contribution in [2.45, 2.75) is 19.9 Å². The Morgan fingerprint density at radius 1 is 1.11 bits per heavy atom. The second kappa shape index (κ2) is 5.55. The van der Waals surface area contributed by atoms with Gasteiger partial charge in [-0.3, -0.25) is 0 Å². The van der Waals surface area contributed by atoms with E-state index >= 15 is 0 Å². The third kappa shape index (κ3) is 3.12. The molecule has 2 aromatic carbocycles. The molecular formula is C15H16BrNO.